The Morgan fingerprint density at radius 3 is 2.12 bits per heavy atom. The van der Waals surface area contributed by atoms with Gasteiger partial charge >= 0.3 is 6.03 Å². The fourth-order valence-electron chi connectivity index (χ4n) is 3.15. The van der Waals surface area contributed by atoms with Crippen LogP contribution in [0.5, 0.6) is 0 Å². The van der Waals surface area contributed by atoms with Gasteiger partial charge in [-0.05, 0) is 47.9 Å². The molecule has 0 aliphatic rings. The molecular formula is C20H21FN4O. The maximum absolute atomic E-state index is 13.2. The van der Waals surface area contributed by atoms with Crippen molar-refractivity contribution in [2.24, 2.45) is 11.7 Å². The SMILES string of the molecule is CC(C)C(c1ccc(N(C(N)=O)c2ccc(F)cc2)cc1)n1ccnc1. The third kappa shape index (κ3) is 3.59. The molecule has 6 heteroatoms. The summed E-state index contributed by atoms with van der Waals surface area (Å²) in [6, 6.07) is 12.8. The Kier molecular flexibility index (Phi) is 5.02. The molecule has 3 aromatic rings. The number of nitrogens with two attached hydrogens (primary N) is 1. The Labute approximate surface area is 151 Å². The fraction of sp³-hybridized carbons (Fsp3) is 0.200. The molecule has 2 amide bonds. The van der Waals surface area contributed by atoms with Gasteiger partial charge in [0.15, 0.2) is 0 Å². The maximum Gasteiger partial charge on any atom is 0.323 e. The van der Waals surface area contributed by atoms with Gasteiger partial charge in [0.2, 0.25) is 0 Å². The Hall–Kier alpha value is -3.15. The number of urea groups is 1. The first-order valence-corrected chi connectivity index (χ1v) is 8.40. The Morgan fingerprint density at radius 1 is 1.08 bits per heavy atom. The normalized spacial score (nSPS) is 12.2. The lowest BCUT2D eigenvalue weighted by Gasteiger charge is -2.25. The van der Waals surface area contributed by atoms with Crippen molar-refractivity contribution in [2.75, 3.05) is 4.90 Å². The second kappa shape index (κ2) is 7.39. The number of primary amides is 1. The van der Waals surface area contributed by atoms with E-state index in [4.69, 9.17) is 5.73 Å². The van der Waals surface area contributed by atoms with Gasteiger partial charge in [0, 0.05) is 12.4 Å². The average molecular weight is 352 g/mol. The van der Waals surface area contributed by atoms with Crippen molar-refractivity contribution in [2.45, 2.75) is 19.9 Å². The predicted octanol–water partition coefficient (Wildman–Crippen LogP) is 4.48. The number of imidazole rings is 1. The quantitative estimate of drug-likeness (QED) is 0.735. The number of aromatic nitrogens is 2. The van der Waals surface area contributed by atoms with E-state index in [1.807, 2.05) is 30.5 Å². The fourth-order valence-corrected chi connectivity index (χ4v) is 3.15. The van der Waals surface area contributed by atoms with E-state index >= 15 is 0 Å². The van der Waals surface area contributed by atoms with Crippen molar-refractivity contribution in [3.63, 3.8) is 0 Å². The summed E-state index contributed by atoms with van der Waals surface area (Å²) < 4.78 is 15.2. The van der Waals surface area contributed by atoms with Crippen molar-refractivity contribution in [1.82, 2.24) is 9.55 Å². The van der Waals surface area contributed by atoms with Crippen LogP contribution in [0, 0.1) is 11.7 Å². The topological polar surface area (TPSA) is 64.2 Å². The molecule has 1 atom stereocenters. The number of rotatable bonds is 5. The molecule has 0 bridgehead atoms. The van der Waals surface area contributed by atoms with Crippen molar-refractivity contribution in [3.05, 3.63) is 78.6 Å². The highest BCUT2D eigenvalue weighted by molar-refractivity contribution is 5.98. The summed E-state index contributed by atoms with van der Waals surface area (Å²) in [7, 11) is 0. The number of amides is 2. The molecule has 0 saturated heterocycles. The predicted molar refractivity (Wildman–Crippen MR) is 99.8 cm³/mol. The van der Waals surface area contributed by atoms with E-state index in [2.05, 4.69) is 23.4 Å². The van der Waals surface area contributed by atoms with Crippen LogP contribution in [-0.4, -0.2) is 15.6 Å². The second-order valence-corrected chi connectivity index (χ2v) is 6.44. The van der Waals surface area contributed by atoms with E-state index in [-0.39, 0.29) is 11.9 Å². The number of hydrogen-bond donors (Lipinski definition) is 1. The highest BCUT2D eigenvalue weighted by Crippen LogP contribution is 2.30. The Morgan fingerprint density at radius 2 is 1.65 bits per heavy atom. The number of hydrogen-bond acceptors (Lipinski definition) is 2. The largest absolute Gasteiger partial charge is 0.351 e. The summed E-state index contributed by atoms with van der Waals surface area (Å²) in [6.07, 6.45) is 5.49. The monoisotopic (exact) mass is 352 g/mol. The van der Waals surface area contributed by atoms with Gasteiger partial charge in [0.25, 0.3) is 0 Å². The van der Waals surface area contributed by atoms with Crippen LogP contribution in [0.3, 0.4) is 0 Å². The summed E-state index contributed by atoms with van der Waals surface area (Å²) >= 11 is 0. The number of nitrogens with zero attached hydrogens (tertiary/aromatic N) is 3. The molecule has 0 saturated carbocycles. The van der Waals surface area contributed by atoms with Crippen LogP contribution in [0.15, 0.2) is 67.3 Å². The molecule has 5 nitrogen and oxygen atoms in total. The van der Waals surface area contributed by atoms with Crippen LogP contribution >= 0.6 is 0 Å². The lowest BCUT2D eigenvalue weighted by molar-refractivity contribution is 0.256. The molecule has 2 aromatic carbocycles. The van der Waals surface area contributed by atoms with E-state index < -0.39 is 6.03 Å². The van der Waals surface area contributed by atoms with E-state index in [1.54, 1.807) is 12.5 Å². The lowest BCUT2D eigenvalue weighted by Crippen LogP contribution is -2.31. The van der Waals surface area contributed by atoms with Crippen molar-refractivity contribution < 1.29 is 9.18 Å². The molecule has 0 aliphatic carbocycles. The number of carbonyl (C=O) groups is 1. The highest BCUT2D eigenvalue weighted by Gasteiger charge is 2.19. The van der Waals surface area contributed by atoms with Crippen molar-refractivity contribution >= 4 is 17.4 Å². The smallest absolute Gasteiger partial charge is 0.323 e. The van der Waals surface area contributed by atoms with Crippen LogP contribution in [0.4, 0.5) is 20.6 Å². The maximum atomic E-state index is 13.2. The number of anilines is 2. The van der Waals surface area contributed by atoms with Crippen LogP contribution in [0.25, 0.3) is 0 Å². The first-order chi connectivity index (χ1) is 12.5. The van der Waals surface area contributed by atoms with Gasteiger partial charge in [-0.1, -0.05) is 26.0 Å². The zero-order chi connectivity index (χ0) is 18.7. The molecule has 2 N–H and O–H groups in total. The molecule has 1 heterocycles. The van der Waals surface area contributed by atoms with E-state index in [9.17, 15) is 9.18 Å². The Balaban J connectivity index is 1.94. The van der Waals surface area contributed by atoms with Crippen LogP contribution in [0.2, 0.25) is 0 Å². The highest BCUT2D eigenvalue weighted by atomic mass is 19.1. The number of benzene rings is 2. The van der Waals surface area contributed by atoms with Gasteiger partial charge in [0.05, 0.1) is 23.7 Å². The minimum Gasteiger partial charge on any atom is -0.351 e. The van der Waals surface area contributed by atoms with Gasteiger partial charge < -0.3 is 10.3 Å². The summed E-state index contributed by atoms with van der Waals surface area (Å²) in [6.45, 7) is 4.29. The summed E-state index contributed by atoms with van der Waals surface area (Å²) in [5.41, 5.74) is 7.79. The lowest BCUT2D eigenvalue weighted by atomic mass is 9.95. The summed E-state index contributed by atoms with van der Waals surface area (Å²) in [4.78, 5) is 17.4. The zero-order valence-electron chi connectivity index (χ0n) is 14.7. The molecule has 26 heavy (non-hydrogen) atoms. The zero-order valence-corrected chi connectivity index (χ0v) is 14.7. The minimum atomic E-state index is -0.626. The van der Waals surface area contributed by atoms with E-state index in [0.717, 1.165) is 5.56 Å². The van der Waals surface area contributed by atoms with Crippen molar-refractivity contribution in [1.29, 1.82) is 0 Å². The molecule has 0 radical (unpaired) electrons. The molecule has 0 fully saturated rings. The van der Waals surface area contributed by atoms with Gasteiger partial charge in [-0.2, -0.15) is 0 Å². The van der Waals surface area contributed by atoms with E-state index in [0.29, 0.717) is 17.3 Å². The summed E-state index contributed by atoms with van der Waals surface area (Å²) in [5, 5.41) is 0. The molecule has 134 valence electrons. The Bertz CT molecular complexity index is 858. The third-order valence-electron chi connectivity index (χ3n) is 4.28. The minimum absolute atomic E-state index is 0.138. The summed E-state index contributed by atoms with van der Waals surface area (Å²) in [5.74, 6) is -0.00647. The molecule has 3 rings (SSSR count). The molecule has 0 spiro atoms. The van der Waals surface area contributed by atoms with Crippen LogP contribution < -0.4 is 10.6 Å². The van der Waals surface area contributed by atoms with E-state index in [1.165, 1.54) is 29.2 Å². The first kappa shape index (κ1) is 17.7. The second-order valence-electron chi connectivity index (χ2n) is 6.44. The molecule has 0 aliphatic heterocycles. The number of carbonyl (C=O) groups excluding carboxylic acids is 1. The standard InChI is InChI=1S/C20H21FN4O/c1-14(2)19(24-12-11-23-13-24)15-3-7-17(8-4-15)25(20(22)26)18-9-5-16(21)6-10-18/h3-14,19H,1-2H3,(H2,22,26). The molecular weight excluding hydrogens is 331 g/mol. The van der Waals surface area contributed by atoms with Crippen LogP contribution in [0.1, 0.15) is 25.5 Å². The van der Waals surface area contributed by atoms with Gasteiger partial charge in [-0.15, -0.1) is 0 Å². The average Bonchev–Trinajstić information content (AvgIpc) is 3.12. The first-order valence-electron chi connectivity index (χ1n) is 8.40. The molecule has 1 aromatic heterocycles. The van der Waals surface area contributed by atoms with Gasteiger partial charge in [0.1, 0.15) is 5.82 Å². The van der Waals surface area contributed by atoms with Gasteiger partial charge in [-0.3, -0.25) is 4.90 Å². The van der Waals surface area contributed by atoms with Crippen LogP contribution in [-0.2, 0) is 0 Å². The van der Waals surface area contributed by atoms with Crippen molar-refractivity contribution in [3.8, 4) is 0 Å². The third-order valence-corrected chi connectivity index (χ3v) is 4.28. The number of halogens is 1. The molecule has 1 unspecified atom stereocenters. The van der Waals surface area contributed by atoms with Gasteiger partial charge in [-0.25, -0.2) is 14.2 Å².